The summed E-state index contributed by atoms with van der Waals surface area (Å²) >= 11 is 6.09. The number of benzene rings is 1. The van der Waals surface area contributed by atoms with Crippen LogP contribution in [0.2, 0.25) is 5.02 Å². The summed E-state index contributed by atoms with van der Waals surface area (Å²) < 4.78 is 7.62. The molecule has 0 fully saturated rings. The standard InChI is InChI=1S/C15H15ClN2O2/c1-2-6-18-9-17-8-12(18)14(19)13-7-10-4-3-5-11(16)15(10)20-13/h3-5,7-9,14,19H,2,6H2,1H3. The highest BCUT2D eigenvalue weighted by molar-refractivity contribution is 6.34. The molecule has 0 aliphatic heterocycles. The van der Waals surface area contributed by atoms with Gasteiger partial charge in [0.25, 0.3) is 0 Å². The normalized spacial score (nSPS) is 12.9. The van der Waals surface area contributed by atoms with Crippen molar-refractivity contribution in [1.82, 2.24) is 9.55 Å². The van der Waals surface area contributed by atoms with Crippen LogP contribution in [0.4, 0.5) is 0 Å². The van der Waals surface area contributed by atoms with Gasteiger partial charge in [-0.1, -0.05) is 30.7 Å². The van der Waals surface area contributed by atoms with E-state index in [1.54, 1.807) is 18.6 Å². The number of para-hydroxylation sites is 1. The lowest BCUT2D eigenvalue weighted by molar-refractivity contribution is 0.182. The molecule has 1 unspecified atom stereocenters. The molecular formula is C15H15ClN2O2. The van der Waals surface area contributed by atoms with Crippen molar-refractivity contribution in [2.24, 2.45) is 0 Å². The zero-order valence-corrected chi connectivity index (χ0v) is 11.8. The maximum atomic E-state index is 10.5. The third-order valence-electron chi connectivity index (χ3n) is 3.27. The van der Waals surface area contributed by atoms with Crippen LogP contribution in [0.1, 0.15) is 30.9 Å². The molecule has 0 bridgehead atoms. The van der Waals surface area contributed by atoms with Crippen LogP contribution in [0.5, 0.6) is 0 Å². The maximum absolute atomic E-state index is 10.5. The van der Waals surface area contributed by atoms with Crippen molar-refractivity contribution in [2.45, 2.75) is 26.0 Å². The number of fused-ring (bicyclic) bond motifs is 1. The Hall–Kier alpha value is -1.78. The first-order chi connectivity index (χ1) is 9.70. The fraction of sp³-hybridized carbons (Fsp3) is 0.267. The van der Waals surface area contributed by atoms with Crippen LogP contribution < -0.4 is 0 Å². The molecule has 0 spiro atoms. The number of hydrogen-bond donors (Lipinski definition) is 1. The van der Waals surface area contributed by atoms with Gasteiger partial charge in [-0.3, -0.25) is 0 Å². The highest BCUT2D eigenvalue weighted by Crippen LogP contribution is 2.31. The molecule has 20 heavy (non-hydrogen) atoms. The van der Waals surface area contributed by atoms with E-state index >= 15 is 0 Å². The zero-order chi connectivity index (χ0) is 14.1. The quantitative estimate of drug-likeness (QED) is 0.795. The first kappa shape index (κ1) is 13.2. The molecule has 1 N–H and O–H groups in total. The smallest absolute Gasteiger partial charge is 0.153 e. The van der Waals surface area contributed by atoms with E-state index in [9.17, 15) is 5.11 Å². The number of imidazole rings is 1. The van der Waals surface area contributed by atoms with Crippen molar-refractivity contribution < 1.29 is 9.52 Å². The molecule has 0 saturated heterocycles. The van der Waals surface area contributed by atoms with E-state index in [0.717, 1.165) is 24.0 Å². The SMILES string of the molecule is CCCn1cncc1C(O)c1cc2cccc(Cl)c2o1. The van der Waals surface area contributed by atoms with Gasteiger partial charge in [0, 0.05) is 11.9 Å². The fourth-order valence-corrected chi connectivity index (χ4v) is 2.53. The van der Waals surface area contributed by atoms with E-state index in [2.05, 4.69) is 11.9 Å². The number of halogens is 1. The second-order valence-electron chi connectivity index (χ2n) is 4.72. The maximum Gasteiger partial charge on any atom is 0.153 e. The predicted molar refractivity (Wildman–Crippen MR) is 77.8 cm³/mol. The lowest BCUT2D eigenvalue weighted by Crippen LogP contribution is -2.07. The molecule has 0 amide bonds. The second kappa shape index (κ2) is 5.31. The molecule has 3 aromatic rings. The lowest BCUT2D eigenvalue weighted by Gasteiger charge is -2.10. The average molecular weight is 291 g/mol. The Labute approximate surface area is 121 Å². The monoisotopic (exact) mass is 290 g/mol. The summed E-state index contributed by atoms with van der Waals surface area (Å²) in [6.07, 6.45) is 3.52. The third-order valence-corrected chi connectivity index (χ3v) is 3.57. The van der Waals surface area contributed by atoms with Crippen molar-refractivity contribution in [3.05, 3.63) is 53.3 Å². The molecule has 1 atom stereocenters. The van der Waals surface area contributed by atoms with Gasteiger partial charge in [0.15, 0.2) is 11.7 Å². The summed E-state index contributed by atoms with van der Waals surface area (Å²) in [5, 5.41) is 11.9. The molecule has 0 radical (unpaired) electrons. The summed E-state index contributed by atoms with van der Waals surface area (Å²) in [5.74, 6) is 0.478. The number of nitrogens with zero attached hydrogens (tertiary/aromatic N) is 2. The highest BCUT2D eigenvalue weighted by atomic mass is 35.5. The van der Waals surface area contributed by atoms with Crippen molar-refractivity contribution in [3.8, 4) is 0 Å². The molecule has 1 aromatic carbocycles. The van der Waals surface area contributed by atoms with E-state index in [1.165, 1.54) is 0 Å². The van der Waals surface area contributed by atoms with Crippen LogP contribution in [-0.2, 0) is 6.54 Å². The van der Waals surface area contributed by atoms with Gasteiger partial charge in [-0.15, -0.1) is 0 Å². The minimum absolute atomic E-state index is 0.478. The number of aliphatic hydroxyl groups excluding tert-OH is 1. The molecule has 4 nitrogen and oxygen atoms in total. The Morgan fingerprint density at radius 2 is 2.30 bits per heavy atom. The molecule has 2 aromatic heterocycles. The Morgan fingerprint density at radius 3 is 3.05 bits per heavy atom. The molecule has 104 valence electrons. The molecular weight excluding hydrogens is 276 g/mol. The first-order valence-electron chi connectivity index (χ1n) is 6.56. The number of hydrogen-bond acceptors (Lipinski definition) is 3. The van der Waals surface area contributed by atoms with E-state index in [4.69, 9.17) is 16.0 Å². The molecule has 0 aliphatic rings. The summed E-state index contributed by atoms with van der Waals surface area (Å²) in [6.45, 7) is 2.89. The van der Waals surface area contributed by atoms with E-state index in [1.807, 2.05) is 22.8 Å². The van der Waals surface area contributed by atoms with E-state index < -0.39 is 6.10 Å². The Bertz CT molecular complexity index is 732. The van der Waals surface area contributed by atoms with E-state index in [-0.39, 0.29) is 0 Å². The number of furan rings is 1. The largest absolute Gasteiger partial charge is 0.456 e. The van der Waals surface area contributed by atoms with Gasteiger partial charge >= 0.3 is 0 Å². The summed E-state index contributed by atoms with van der Waals surface area (Å²) in [5.41, 5.74) is 1.33. The minimum atomic E-state index is -0.840. The summed E-state index contributed by atoms with van der Waals surface area (Å²) in [4.78, 5) is 4.09. The van der Waals surface area contributed by atoms with Crippen molar-refractivity contribution >= 4 is 22.6 Å². The zero-order valence-electron chi connectivity index (χ0n) is 11.1. The van der Waals surface area contributed by atoms with Crippen LogP contribution in [0.15, 0.2) is 41.2 Å². The van der Waals surface area contributed by atoms with Crippen LogP contribution in [-0.4, -0.2) is 14.7 Å². The van der Waals surface area contributed by atoms with Crippen LogP contribution in [0, 0.1) is 0 Å². The van der Waals surface area contributed by atoms with Gasteiger partial charge in [0.05, 0.1) is 23.2 Å². The summed E-state index contributed by atoms with van der Waals surface area (Å²) in [7, 11) is 0. The minimum Gasteiger partial charge on any atom is -0.456 e. The predicted octanol–water partition coefficient (Wildman–Crippen LogP) is 3.77. The number of aliphatic hydroxyl groups is 1. The van der Waals surface area contributed by atoms with Crippen molar-refractivity contribution in [3.63, 3.8) is 0 Å². The van der Waals surface area contributed by atoms with Crippen LogP contribution in [0.3, 0.4) is 0 Å². The van der Waals surface area contributed by atoms with Gasteiger partial charge < -0.3 is 14.1 Å². The topological polar surface area (TPSA) is 51.2 Å². The molecule has 2 heterocycles. The summed E-state index contributed by atoms with van der Waals surface area (Å²) in [6, 6.07) is 7.35. The van der Waals surface area contributed by atoms with Gasteiger partial charge in [-0.05, 0) is 18.6 Å². The number of aromatic nitrogens is 2. The van der Waals surface area contributed by atoms with Gasteiger partial charge in [0.2, 0.25) is 0 Å². The first-order valence-corrected chi connectivity index (χ1v) is 6.94. The molecule has 0 saturated carbocycles. The van der Waals surface area contributed by atoms with Crippen LogP contribution >= 0.6 is 11.6 Å². The van der Waals surface area contributed by atoms with Gasteiger partial charge in [-0.2, -0.15) is 0 Å². The second-order valence-corrected chi connectivity index (χ2v) is 5.13. The van der Waals surface area contributed by atoms with Crippen LogP contribution in [0.25, 0.3) is 11.0 Å². The Balaban J connectivity index is 2.01. The Kier molecular flexibility index (Phi) is 3.51. The number of rotatable bonds is 4. The van der Waals surface area contributed by atoms with Crippen molar-refractivity contribution in [2.75, 3.05) is 0 Å². The lowest BCUT2D eigenvalue weighted by atomic mass is 10.2. The average Bonchev–Trinajstić information content (AvgIpc) is 3.05. The molecule has 0 aliphatic carbocycles. The van der Waals surface area contributed by atoms with Crippen molar-refractivity contribution in [1.29, 1.82) is 0 Å². The fourth-order valence-electron chi connectivity index (χ4n) is 2.31. The highest BCUT2D eigenvalue weighted by Gasteiger charge is 2.19. The molecule has 3 rings (SSSR count). The van der Waals surface area contributed by atoms with Gasteiger partial charge in [-0.25, -0.2) is 4.98 Å². The number of aryl methyl sites for hydroxylation is 1. The Morgan fingerprint density at radius 1 is 1.45 bits per heavy atom. The van der Waals surface area contributed by atoms with Gasteiger partial charge in [0.1, 0.15) is 5.76 Å². The third kappa shape index (κ3) is 2.21. The molecule has 5 heteroatoms. The van der Waals surface area contributed by atoms with E-state index in [0.29, 0.717) is 16.4 Å².